The summed E-state index contributed by atoms with van der Waals surface area (Å²) in [6, 6.07) is 0. The highest BCUT2D eigenvalue weighted by molar-refractivity contribution is 6.80. The van der Waals surface area contributed by atoms with E-state index in [4.69, 9.17) is 0 Å². The zero-order valence-corrected chi connectivity index (χ0v) is 17.3. The topological polar surface area (TPSA) is 0 Å². The molecule has 2 fully saturated rings. The fraction of sp³-hybridized carbons (Fsp3) is 1.00. The third kappa shape index (κ3) is 2.46. The number of hydrogen-bond acceptors (Lipinski definition) is 0. The van der Waals surface area contributed by atoms with Gasteiger partial charge >= 0.3 is 0 Å². The number of hydrogen-bond donors (Lipinski definition) is 0. The predicted molar refractivity (Wildman–Crippen MR) is 98.3 cm³/mol. The second-order valence-electron chi connectivity index (χ2n) is 9.75. The Morgan fingerprint density at radius 2 is 0.571 bits per heavy atom. The molecule has 0 radical (unpaired) electrons. The van der Waals surface area contributed by atoms with Gasteiger partial charge in [0.15, 0.2) is 0 Å². The van der Waals surface area contributed by atoms with Gasteiger partial charge in [-0.2, -0.15) is 0 Å². The van der Waals surface area contributed by atoms with Crippen molar-refractivity contribution in [3.05, 3.63) is 0 Å². The average Bonchev–Trinajstić information content (AvgIpc) is 2.72. The Morgan fingerprint density at radius 1 is 0.381 bits per heavy atom. The maximum Gasteiger partial charge on any atom is 0.0546 e. The van der Waals surface area contributed by atoms with Crippen molar-refractivity contribution in [2.45, 2.75) is 79.6 Å². The van der Waals surface area contributed by atoms with Crippen LogP contribution in [0.4, 0.5) is 0 Å². The summed E-state index contributed by atoms with van der Waals surface area (Å²) in [5, 5.41) is 0. The average molecular weight is 309 g/mol. The third-order valence-corrected chi connectivity index (χ3v) is 14.5. The molecule has 21 heavy (non-hydrogen) atoms. The lowest BCUT2D eigenvalue weighted by molar-refractivity contribution is 0.352. The predicted octanol–water partition coefficient (Wildman–Crippen LogP) is 6.55. The molecule has 124 valence electrons. The van der Waals surface area contributed by atoms with Gasteiger partial charge in [0.25, 0.3) is 0 Å². The maximum absolute atomic E-state index is 2.75. The largest absolute Gasteiger partial charge is 0.0689 e. The molecule has 0 aromatic rings. The first-order valence-electron chi connectivity index (χ1n) is 9.53. The van der Waals surface area contributed by atoms with Crippen LogP contribution in [-0.2, 0) is 0 Å². The van der Waals surface area contributed by atoms with E-state index < -0.39 is 8.07 Å². The molecule has 0 bridgehead atoms. The van der Waals surface area contributed by atoms with E-state index in [9.17, 15) is 0 Å². The van der Waals surface area contributed by atoms with Gasteiger partial charge in [-0.3, -0.25) is 0 Å². The Labute approximate surface area is 135 Å². The minimum Gasteiger partial charge on any atom is -0.0689 e. The van der Waals surface area contributed by atoms with Gasteiger partial charge in [0.2, 0.25) is 0 Å². The molecule has 2 saturated carbocycles. The summed E-state index contributed by atoms with van der Waals surface area (Å²) in [4.78, 5) is 0. The van der Waals surface area contributed by atoms with Crippen molar-refractivity contribution in [3.63, 3.8) is 0 Å². The molecule has 0 amide bonds. The third-order valence-electron chi connectivity index (χ3n) is 8.96. The van der Waals surface area contributed by atoms with E-state index in [1.54, 1.807) is 0 Å². The van der Waals surface area contributed by atoms with Crippen LogP contribution >= 0.6 is 0 Å². The van der Waals surface area contributed by atoms with Crippen molar-refractivity contribution in [2.24, 2.45) is 47.3 Å². The van der Waals surface area contributed by atoms with E-state index in [2.05, 4.69) is 68.5 Å². The van der Waals surface area contributed by atoms with Gasteiger partial charge in [0.05, 0.1) is 8.07 Å². The molecule has 2 aliphatic rings. The van der Waals surface area contributed by atoms with Crippen molar-refractivity contribution < 1.29 is 0 Å². The minimum atomic E-state index is -1.26. The molecule has 0 heterocycles. The second kappa shape index (κ2) is 5.69. The van der Waals surface area contributed by atoms with Gasteiger partial charge in [-0.1, -0.05) is 68.5 Å². The Morgan fingerprint density at radius 3 is 0.762 bits per heavy atom. The van der Waals surface area contributed by atoms with E-state index in [0.717, 1.165) is 58.4 Å². The first kappa shape index (κ1) is 17.6. The lowest BCUT2D eigenvalue weighted by Crippen LogP contribution is -2.45. The normalized spacial score (nSPS) is 55.1. The highest BCUT2D eigenvalue weighted by Crippen LogP contribution is 2.62. The van der Waals surface area contributed by atoms with Crippen molar-refractivity contribution in [2.75, 3.05) is 0 Å². The SMILES string of the molecule is CC1C([Si](C)(C)C2[C@H](C)[C@H](C)[C@@H](C)[C@H]2C)[C@H](C)C(C)[C@H]1C. The minimum absolute atomic E-state index is 0.915. The van der Waals surface area contributed by atoms with Crippen LogP contribution in [0, 0.1) is 47.3 Å². The molecule has 0 N–H and O–H groups in total. The molecule has 0 spiro atoms. The van der Waals surface area contributed by atoms with Gasteiger partial charge in [-0.25, -0.2) is 0 Å². The summed E-state index contributed by atoms with van der Waals surface area (Å²) in [7, 11) is -1.26. The lowest BCUT2D eigenvalue weighted by atomic mass is 9.92. The van der Waals surface area contributed by atoms with Crippen LogP contribution in [0.15, 0.2) is 0 Å². The highest BCUT2D eigenvalue weighted by Gasteiger charge is 2.57. The van der Waals surface area contributed by atoms with E-state index >= 15 is 0 Å². The van der Waals surface area contributed by atoms with E-state index in [-0.39, 0.29) is 0 Å². The van der Waals surface area contributed by atoms with Crippen LogP contribution in [0.1, 0.15) is 55.4 Å². The zero-order chi connectivity index (χ0) is 16.3. The van der Waals surface area contributed by atoms with Crippen molar-refractivity contribution in [1.82, 2.24) is 0 Å². The monoisotopic (exact) mass is 308 g/mol. The van der Waals surface area contributed by atoms with Crippen LogP contribution in [-0.4, -0.2) is 8.07 Å². The standard InChI is InChI=1S/C20H40Si/c1-11-12(2)16(6)19(15(11)5)21(9,10)20-17(7)13(3)14(4)18(20)8/h11-20H,1-10H3/t11-,12-,13-,14?,15-,16-,17?,18-,20?/m1/s1. The molecular formula is C20H40Si. The van der Waals surface area contributed by atoms with Crippen LogP contribution < -0.4 is 0 Å². The van der Waals surface area contributed by atoms with E-state index in [1.165, 1.54) is 0 Å². The van der Waals surface area contributed by atoms with Gasteiger partial charge in [0.1, 0.15) is 0 Å². The molecule has 0 aromatic heterocycles. The summed E-state index contributed by atoms with van der Waals surface area (Å²) >= 11 is 0. The van der Waals surface area contributed by atoms with Crippen LogP contribution in [0.3, 0.4) is 0 Å². The molecule has 0 aromatic carbocycles. The summed E-state index contributed by atoms with van der Waals surface area (Å²) in [5.41, 5.74) is 2.05. The molecule has 9 atom stereocenters. The first-order valence-corrected chi connectivity index (χ1v) is 12.7. The highest BCUT2D eigenvalue weighted by atomic mass is 28.3. The molecule has 0 saturated heterocycles. The first-order chi connectivity index (χ1) is 9.53. The van der Waals surface area contributed by atoms with Gasteiger partial charge in [-0.15, -0.1) is 0 Å². The van der Waals surface area contributed by atoms with Crippen molar-refractivity contribution in [3.8, 4) is 0 Å². The molecule has 2 rings (SSSR count). The van der Waals surface area contributed by atoms with Crippen LogP contribution in [0.25, 0.3) is 0 Å². The van der Waals surface area contributed by atoms with Gasteiger partial charge < -0.3 is 0 Å². The summed E-state index contributed by atoms with van der Waals surface area (Å²) in [6.07, 6.45) is 0. The Bertz CT molecular complexity index is 312. The molecule has 1 heteroatoms. The molecular weight excluding hydrogens is 268 g/mol. The molecule has 0 aliphatic heterocycles. The lowest BCUT2D eigenvalue weighted by Gasteiger charge is -2.45. The summed E-state index contributed by atoms with van der Waals surface area (Å²) in [6.45, 7) is 25.8. The second-order valence-corrected chi connectivity index (χ2v) is 14.7. The molecule has 2 aliphatic carbocycles. The van der Waals surface area contributed by atoms with E-state index in [1.807, 2.05) is 0 Å². The van der Waals surface area contributed by atoms with Crippen molar-refractivity contribution in [1.29, 1.82) is 0 Å². The number of rotatable bonds is 2. The van der Waals surface area contributed by atoms with Gasteiger partial charge in [-0.05, 0) is 58.4 Å². The smallest absolute Gasteiger partial charge is 0.0546 e. The molecule has 0 nitrogen and oxygen atoms in total. The Balaban J connectivity index is 2.34. The quantitative estimate of drug-likeness (QED) is 0.507. The van der Waals surface area contributed by atoms with Crippen LogP contribution in [0.5, 0.6) is 0 Å². The Kier molecular flexibility index (Phi) is 4.76. The summed E-state index contributed by atoms with van der Waals surface area (Å²) < 4.78 is 0. The zero-order valence-electron chi connectivity index (χ0n) is 16.3. The molecule has 3 unspecified atom stereocenters. The fourth-order valence-electron chi connectivity index (χ4n) is 7.11. The van der Waals surface area contributed by atoms with Crippen LogP contribution in [0.2, 0.25) is 24.2 Å². The Hall–Kier alpha value is 0.217. The maximum atomic E-state index is 2.75. The van der Waals surface area contributed by atoms with Crippen molar-refractivity contribution >= 4 is 8.07 Å². The fourth-order valence-corrected chi connectivity index (χ4v) is 14.2. The van der Waals surface area contributed by atoms with Gasteiger partial charge in [0, 0.05) is 0 Å². The van der Waals surface area contributed by atoms with E-state index in [0.29, 0.717) is 0 Å². The summed E-state index contributed by atoms with van der Waals surface area (Å²) in [5.74, 6) is 7.39.